The molecule has 5 atom stereocenters. The molecule has 0 spiro atoms. The molecule has 3 aliphatic rings. The van der Waals surface area contributed by atoms with Gasteiger partial charge in [-0.1, -0.05) is 6.42 Å². The molecule has 4 rings (SSSR count). The van der Waals surface area contributed by atoms with Gasteiger partial charge in [0.05, 0.1) is 10.6 Å². The lowest BCUT2D eigenvalue weighted by atomic mass is 9.79. The maximum Gasteiger partial charge on any atom is 0.271 e. The Hall–Kier alpha value is -1.10. The number of anilines is 1. The first-order valence-electron chi connectivity index (χ1n) is 7.84. The molecule has 4 nitrogen and oxygen atoms in total. The van der Waals surface area contributed by atoms with Crippen LogP contribution in [0.25, 0.3) is 0 Å². The molecule has 1 aromatic rings. The summed E-state index contributed by atoms with van der Waals surface area (Å²) < 4.78 is 0.916. The fourth-order valence-electron chi connectivity index (χ4n) is 5.17. The summed E-state index contributed by atoms with van der Waals surface area (Å²) in [5.74, 6) is 3.53. The van der Waals surface area contributed by atoms with Gasteiger partial charge in [0.25, 0.3) is 5.69 Å². The topological polar surface area (TPSA) is 55.2 Å². The second-order valence-corrected chi connectivity index (χ2v) is 7.68. The zero-order valence-electron chi connectivity index (χ0n) is 11.8. The summed E-state index contributed by atoms with van der Waals surface area (Å²) in [4.78, 5) is 10.6. The SMILES string of the molecule is O=[N+]([O-])c1ccc(Br)c(NC2CC3CC2C2CCCC32)c1. The average molecular weight is 351 g/mol. The Bertz CT molecular complexity index is 592. The molecule has 3 fully saturated rings. The van der Waals surface area contributed by atoms with Crippen molar-refractivity contribution in [3.05, 3.63) is 32.8 Å². The van der Waals surface area contributed by atoms with E-state index in [-0.39, 0.29) is 10.6 Å². The maximum absolute atomic E-state index is 10.9. The van der Waals surface area contributed by atoms with Crippen LogP contribution in [0.1, 0.15) is 32.1 Å². The molecule has 1 aromatic carbocycles. The van der Waals surface area contributed by atoms with E-state index < -0.39 is 0 Å². The second-order valence-electron chi connectivity index (χ2n) is 6.83. The predicted octanol–water partition coefficient (Wildman–Crippen LogP) is 4.59. The Balaban J connectivity index is 1.55. The van der Waals surface area contributed by atoms with Gasteiger partial charge in [0.2, 0.25) is 0 Å². The zero-order chi connectivity index (χ0) is 14.6. The Morgan fingerprint density at radius 1 is 1.19 bits per heavy atom. The first-order chi connectivity index (χ1) is 10.1. The lowest BCUT2D eigenvalue weighted by Gasteiger charge is -2.32. The number of nitrogens with zero attached hydrogens (tertiary/aromatic N) is 1. The molecule has 3 aliphatic carbocycles. The Morgan fingerprint density at radius 2 is 2.00 bits per heavy atom. The highest BCUT2D eigenvalue weighted by atomic mass is 79.9. The van der Waals surface area contributed by atoms with E-state index in [2.05, 4.69) is 21.2 Å². The molecule has 2 bridgehead atoms. The van der Waals surface area contributed by atoms with Crippen LogP contribution in [0, 0.1) is 33.8 Å². The molecule has 0 amide bonds. The van der Waals surface area contributed by atoms with Gasteiger partial charge in [0, 0.05) is 22.6 Å². The number of rotatable bonds is 3. The number of fused-ring (bicyclic) bond motifs is 5. The summed E-state index contributed by atoms with van der Waals surface area (Å²) in [6.45, 7) is 0. The number of hydrogen-bond donors (Lipinski definition) is 1. The van der Waals surface area contributed by atoms with Gasteiger partial charge in [0.1, 0.15) is 0 Å². The molecule has 5 heteroatoms. The quantitative estimate of drug-likeness (QED) is 0.640. The van der Waals surface area contributed by atoms with Crippen molar-refractivity contribution in [3.63, 3.8) is 0 Å². The van der Waals surface area contributed by atoms with Crippen molar-refractivity contribution < 1.29 is 4.92 Å². The van der Waals surface area contributed by atoms with Crippen molar-refractivity contribution in [2.75, 3.05) is 5.32 Å². The Kier molecular flexibility index (Phi) is 3.21. The van der Waals surface area contributed by atoms with E-state index in [1.54, 1.807) is 18.2 Å². The van der Waals surface area contributed by atoms with Crippen LogP contribution in [0.2, 0.25) is 0 Å². The summed E-state index contributed by atoms with van der Waals surface area (Å²) >= 11 is 3.51. The fraction of sp³-hybridized carbons (Fsp3) is 0.625. The van der Waals surface area contributed by atoms with Crippen molar-refractivity contribution in [1.82, 2.24) is 0 Å². The highest BCUT2D eigenvalue weighted by Gasteiger charge is 2.53. The average Bonchev–Trinajstić information content (AvgIpc) is 3.12. The van der Waals surface area contributed by atoms with Gasteiger partial charge in [-0.2, -0.15) is 0 Å². The third-order valence-electron chi connectivity index (χ3n) is 5.93. The number of nitro benzene ring substituents is 1. The van der Waals surface area contributed by atoms with Crippen LogP contribution >= 0.6 is 15.9 Å². The molecule has 0 aromatic heterocycles. The Labute approximate surface area is 132 Å². The molecule has 0 aliphatic heterocycles. The van der Waals surface area contributed by atoms with Crippen molar-refractivity contribution >= 4 is 27.3 Å². The standard InChI is InChI=1S/C16H19BrN2O2/c17-14-5-4-10(19(20)21)8-16(14)18-15-7-9-6-13(15)12-3-1-2-11(9)12/h4-5,8-9,11-13,15,18H,1-3,6-7H2. The van der Waals surface area contributed by atoms with Crippen molar-refractivity contribution in [3.8, 4) is 0 Å². The number of halogens is 1. The molecule has 0 heterocycles. The van der Waals surface area contributed by atoms with E-state index in [0.717, 1.165) is 33.8 Å². The van der Waals surface area contributed by atoms with Crippen molar-refractivity contribution in [2.45, 2.75) is 38.1 Å². The van der Waals surface area contributed by atoms with Gasteiger partial charge in [-0.15, -0.1) is 0 Å². The first-order valence-corrected chi connectivity index (χ1v) is 8.63. The number of benzene rings is 1. The van der Waals surface area contributed by atoms with Gasteiger partial charge in [-0.05, 0) is 71.4 Å². The molecule has 21 heavy (non-hydrogen) atoms. The van der Waals surface area contributed by atoms with E-state index in [1.807, 2.05) is 0 Å². The van der Waals surface area contributed by atoms with Crippen LogP contribution < -0.4 is 5.32 Å². The van der Waals surface area contributed by atoms with Gasteiger partial charge in [0.15, 0.2) is 0 Å². The summed E-state index contributed by atoms with van der Waals surface area (Å²) in [5, 5.41) is 14.5. The van der Waals surface area contributed by atoms with E-state index in [4.69, 9.17) is 0 Å². The van der Waals surface area contributed by atoms with Crippen LogP contribution in [0.5, 0.6) is 0 Å². The molecule has 0 radical (unpaired) electrons. The molecule has 3 saturated carbocycles. The zero-order valence-corrected chi connectivity index (χ0v) is 13.4. The van der Waals surface area contributed by atoms with Crippen LogP contribution in [0.3, 0.4) is 0 Å². The van der Waals surface area contributed by atoms with Crippen LogP contribution in [0.15, 0.2) is 22.7 Å². The molecule has 0 saturated heterocycles. The monoisotopic (exact) mass is 350 g/mol. The number of hydrogen-bond acceptors (Lipinski definition) is 3. The smallest absolute Gasteiger partial charge is 0.271 e. The van der Waals surface area contributed by atoms with Crippen LogP contribution in [-0.2, 0) is 0 Å². The lowest BCUT2D eigenvalue weighted by Crippen LogP contribution is -2.34. The second kappa shape index (κ2) is 4.97. The Morgan fingerprint density at radius 3 is 2.81 bits per heavy atom. The molecule has 5 unspecified atom stereocenters. The van der Waals surface area contributed by atoms with E-state index in [9.17, 15) is 10.1 Å². The highest BCUT2D eigenvalue weighted by molar-refractivity contribution is 9.10. The largest absolute Gasteiger partial charge is 0.381 e. The number of nitrogens with one attached hydrogen (secondary N) is 1. The summed E-state index contributed by atoms with van der Waals surface area (Å²) in [6, 6.07) is 5.46. The van der Waals surface area contributed by atoms with Crippen molar-refractivity contribution in [2.24, 2.45) is 23.7 Å². The van der Waals surface area contributed by atoms with E-state index in [0.29, 0.717) is 6.04 Å². The molecular formula is C16H19BrN2O2. The molecular weight excluding hydrogens is 332 g/mol. The van der Waals surface area contributed by atoms with Crippen LogP contribution in [-0.4, -0.2) is 11.0 Å². The van der Waals surface area contributed by atoms with Gasteiger partial charge in [-0.3, -0.25) is 10.1 Å². The minimum absolute atomic E-state index is 0.155. The lowest BCUT2D eigenvalue weighted by molar-refractivity contribution is -0.384. The maximum atomic E-state index is 10.9. The van der Waals surface area contributed by atoms with Gasteiger partial charge in [-0.25, -0.2) is 0 Å². The minimum Gasteiger partial charge on any atom is -0.381 e. The third kappa shape index (κ3) is 2.17. The fourth-order valence-corrected chi connectivity index (χ4v) is 5.53. The predicted molar refractivity (Wildman–Crippen MR) is 85.3 cm³/mol. The number of nitro groups is 1. The highest BCUT2D eigenvalue weighted by Crippen LogP contribution is 2.59. The van der Waals surface area contributed by atoms with Gasteiger partial charge >= 0.3 is 0 Å². The van der Waals surface area contributed by atoms with E-state index >= 15 is 0 Å². The van der Waals surface area contributed by atoms with Crippen LogP contribution in [0.4, 0.5) is 11.4 Å². The molecule has 1 N–H and O–H groups in total. The van der Waals surface area contributed by atoms with E-state index in [1.165, 1.54) is 32.1 Å². The number of non-ortho nitro benzene ring substituents is 1. The third-order valence-corrected chi connectivity index (χ3v) is 6.62. The summed E-state index contributed by atoms with van der Waals surface area (Å²) in [7, 11) is 0. The normalized spacial score (nSPS) is 36.7. The van der Waals surface area contributed by atoms with Crippen molar-refractivity contribution in [1.29, 1.82) is 0 Å². The first kappa shape index (κ1) is 13.6. The summed E-state index contributed by atoms with van der Waals surface area (Å²) in [6.07, 6.45) is 6.81. The molecule has 112 valence electrons. The minimum atomic E-state index is -0.328. The summed E-state index contributed by atoms with van der Waals surface area (Å²) in [5.41, 5.74) is 1.03. The van der Waals surface area contributed by atoms with Gasteiger partial charge < -0.3 is 5.32 Å².